The van der Waals surface area contributed by atoms with E-state index in [0.717, 1.165) is 12.5 Å². The minimum Gasteiger partial charge on any atom is -0.377 e. The Morgan fingerprint density at radius 3 is 2.86 bits per heavy atom. The fourth-order valence-electron chi connectivity index (χ4n) is 2.69. The number of hydrogen-bond acceptors (Lipinski definition) is 2. The molecule has 2 aliphatic rings. The lowest BCUT2D eigenvalue weighted by Crippen LogP contribution is -2.41. The summed E-state index contributed by atoms with van der Waals surface area (Å²) in [7, 11) is 0. The molecule has 0 aromatic rings. The molecule has 2 unspecified atom stereocenters. The molecule has 0 spiro atoms. The van der Waals surface area contributed by atoms with Gasteiger partial charge in [0.25, 0.3) is 0 Å². The molecule has 0 aromatic carbocycles. The van der Waals surface area contributed by atoms with Gasteiger partial charge in [-0.3, -0.25) is 0 Å². The van der Waals surface area contributed by atoms with Crippen molar-refractivity contribution in [3.63, 3.8) is 0 Å². The number of hydrogen-bond donors (Lipinski definition) is 0. The standard InChI is InChI=1S/C12H23NO/c1-11-5-4-7-13(9-11)10-12-6-2-3-8-14-12/h11-12H,2-10H2,1H3. The molecule has 2 nitrogen and oxygen atoms in total. The van der Waals surface area contributed by atoms with Crippen LogP contribution in [0.15, 0.2) is 0 Å². The van der Waals surface area contributed by atoms with Gasteiger partial charge in [0.1, 0.15) is 0 Å². The van der Waals surface area contributed by atoms with Crippen LogP contribution in [0.3, 0.4) is 0 Å². The van der Waals surface area contributed by atoms with Crippen LogP contribution < -0.4 is 0 Å². The largest absolute Gasteiger partial charge is 0.377 e. The summed E-state index contributed by atoms with van der Waals surface area (Å²) in [5.41, 5.74) is 0. The molecule has 2 rings (SSSR count). The first kappa shape index (κ1) is 10.4. The van der Waals surface area contributed by atoms with Crippen LogP contribution in [0.1, 0.15) is 39.0 Å². The van der Waals surface area contributed by atoms with Crippen LogP contribution in [0, 0.1) is 5.92 Å². The Kier molecular flexibility index (Phi) is 3.82. The lowest BCUT2D eigenvalue weighted by atomic mass is 9.99. The summed E-state index contributed by atoms with van der Waals surface area (Å²) in [4.78, 5) is 2.60. The van der Waals surface area contributed by atoms with Gasteiger partial charge in [-0.1, -0.05) is 6.92 Å². The van der Waals surface area contributed by atoms with Crippen molar-refractivity contribution in [2.24, 2.45) is 5.92 Å². The molecular weight excluding hydrogens is 174 g/mol. The topological polar surface area (TPSA) is 12.5 Å². The van der Waals surface area contributed by atoms with Crippen LogP contribution in [0.2, 0.25) is 0 Å². The Morgan fingerprint density at radius 1 is 1.21 bits per heavy atom. The van der Waals surface area contributed by atoms with Gasteiger partial charge in [0.2, 0.25) is 0 Å². The van der Waals surface area contributed by atoms with E-state index in [9.17, 15) is 0 Å². The molecule has 0 aliphatic carbocycles. The van der Waals surface area contributed by atoms with E-state index in [1.807, 2.05) is 0 Å². The molecule has 2 heteroatoms. The van der Waals surface area contributed by atoms with Crippen molar-refractivity contribution in [3.8, 4) is 0 Å². The number of likely N-dealkylation sites (tertiary alicyclic amines) is 1. The summed E-state index contributed by atoms with van der Waals surface area (Å²) in [6.45, 7) is 7.14. The van der Waals surface area contributed by atoms with Crippen LogP contribution in [-0.4, -0.2) is 37.2 Å². The minimum absolute atomic E-state index is 0.536. The van der Waals surface area contributed by atoms with Crippen molar-refractivity contribution in [2.75, 3.05) is 26.2 Å². The van der Waals surface area contributed by atoms with Crippen molar-refractivity contribution in [3.05, 3.63) is 0 Å². The Bertz CT molecular complexity index is 166. The normalized spacial score (nSPS) is 35.8. The number of ether oxygens (including phenoxy) is 1. The summed E-state index contributed by atoms with van der Waals surface area (Å²) in [6.07, 6.45) is 7.26. The zero-order valence-corrected chi connectivity index (χ0v) is 9.37. The Labute approximate surface area is 87.6 Å². The van der Waals surface area contributed by atoms with Crippen molar-refractivity contribution in [1.29, 1.82) is 0 Å². The van der Waals surface area contributed by atoms with E-state index in [4.69, 9.17) is 4.74 Å². The summed E-state index contributed by atoms with van der Waals surface area (Å²) < 4.78 is 5.77. The van der Waals surface area contributed by atoms with E-state index in [1.54, 1.807) is 0 Å². The van der Waals surface area contributed by atoms with Gasteiger partial charge in [-0.15, -0.1) is 0 Å². The molecule has 0 aromatic heterocycles. The highest BCUT2D eigenvalue weighted by atomic mass is 16.5. The average molecular weight is 197 g/mol. The average Bonchev–Trinajstić information content (AvgIpc) is 2.19. The van der Waals surface area contributed by atoms with E-state index in [2.05, 4.69) is 11.8 Å². The molecule has 2 saturated heterocycles. The lowest BCUT2D eigenvalue weighted by molar-refractivity contribution is -0.0120. The van der Waals surface area contributed by atoms with Gasteiger partial charge in [0, 0.05) is 19.7 Å². The summed E-state index contributed by atoms with van der Waals surface area (Å²) >= 11 is 0. The van der Waals surface area contributed by atoms with Crippen LogP contribution in [0.5, 0.6) is 0 Å². The highest BCUT2D eigenvalue weighted by Gasteiger charge is 2.21. The molecule has 2 aliphatic heterocycles. The minimum atomic E-state index is 0.536. The highest BCUT2D eigenvalue weighted by Crippen LogP contribution is 2.19. The number of piperidine rings is 1. The van der Waals surface area contributed by atoms with E-state index < -0.39 is 0 Å². The molecule has 2 heterocycles. The van der Waals surface area contributed by atoms with Crippen LogP contribution in [0.4, 0.5) is 0 Å². The fourth-order valence-corrected chi connectivity index (χ4v) is 2.69. The molecule has 82 valence electrons. The second-order valence-electron chi connectivity index (χ2n) is 5.00. The van der Waals surface area contributed by atoms with E-state index in [0.29, 0.717) is 6.10 Å². The van der Waals surface area contributed by atoms with Gasteiger partial charge < -0.3 is 9.64 Å². The first-order valence-corrected chi connectivity index (χ1v) is 6.18. The molecular formula is C12H23NO. The Morgan fingerprint density at radius 2 is 2.14 bits per heavy atom. The zero-order valence-electron chi connectivity index (χ0n) is 9.37. The molecule has 2 atom stereocenters. The van der Waals surface area contributed by atoms with Crippen LogP contribution in [-0.2, 0) is 4.74 Å². The molecule has 0 amide bonds. The fraction of sp³-hybridized carbons (Fsp3) is 1.00. The van der Waals surface area contributed by atoms with E-state index >= 15 is 0 Å². The Balaban J connectivity index is 1.72. The van der Waals surface area contributed by atoms with Crippen molar-refractivity contribution in [2.45, 2.75) is 45.1 Å². The van der Waals surface area contributed by atoms with Crippen molar-refractivity contribution < 1.29 is 4.74 Å². The summed E-state index contributed by atoms with van der Waals surface area (Å²) in [5.74, 6) is 0.896. The predicted octanol–water partition coefficient (Wildman–Crippen LogP) is 2.29. The zero-order chi connectivity index (χ0) is 9.80. The van der Waals surface area contributed by atoms with Crippen molar-refractivity contribution in [1.82, 2.24) is 4.90 Å². The number of nitrogens with zero attached hydrogens (tertiary/aromatic N) is 1. The molecule has 0 bridgehead atoms. The quantitative estimate of drug-likeness (QED) is 0.673. The SMILES string of the molecule is CC1CCCN(CC2CCCCO2)C1. The van der Waals surface area contributed by atoms with Gasteiger partial charge in [0.15, 0.2) is 0 Å². The van der Waals surface area contributed by atoms with Crippen LogP contribution in [0.25, 0.3) is 0 Å². The predicted molar refractivity (Wildman–Crippen MR) is 58.4 cm³/mol. The maximum atomic E-state index is 5.77. The van der Waals surface area contributed by atoms with Crippen molar-refractivity contribution >= 4 is 0 Å². The van der Waals surface area contributed by atoms with E-state index in [-0.39, 0.29) is 0 Å². The number of rotatable bonds is 2. The molecule has 14 heavy (non-hydrogen) atoms. The molecule has 2 fully saturated rings. The first-order chi connectivity index (χ1) is 6.84. The van der Waals surface area contributed by atoms with Crippen LogP contribution >= 0.6 is 0 Å². The third-order valence-corrected chi connectivity index (χ3v) is 3.48. The second-order valence-corrected chi connectivity index (χ2v) is 5.00. The first-order valence-electron chi connectivity index (χ1n) is 6.18. The van der Waals surface area contributed by atoms with Gasteiger partial charge in [0.05, 0.1) is 6.10 Å². The smallest absolute Gasteiger partial charge is 0.0702 e. The molecule has 0 radical (unpaired) electrons. The van der Waals surface area contributed by atoms with Gasteiger partial charge in [-0.2, -0.15) is 0 Å². The van der Waals surface area contributed by atoms with Gasteiger partial charge >= 0.3 is 0 Å². The molecule has 0 N–H and O–H groups in total. The molecule has 0 saturated carbocycles. The third-order valence-electron chi connectivity index (χ3n) is 3.48. The summed E-state index contributed by atoms with van der Waals surface area (Å²) in [6, 6.07) is 0. The van der Waals surface area contributed by atoms with E-state index in [1.165, 1.54) is 51.7 Å². The lowest BCUT2D eigenvalue weighted by Gasteiger charge is -2.34. The highest BCUT2D eigenvalue weighted by molar-refractivity contribution is 4.74. The summed E-state index contributed by atoms with van der Waals surface area (Å²) in [5, 5.41) is 0. The maximum absolute atomic E-state index is 5.77. The van der Waals surface area contributed by atoms with Gasteiger partial charge in [-0.25, -0.2) is 0 Å². The maximum Gasteiger partial charge on any atom is 0.0702 e. The third kappa shape index (κ3) is 2.96. The second kappa shape index (κ2) is 5.13. The Hall–Kier alpha value is -0.0800. The monoisotopic (exact) mass is 197 g/mol. The van der Waals surface area contributed by atoms with Gasteiger partial charge in [-0.05, 0) is 44.6 Å².